The normalized spacial score (nSPS) is 11.5. The molecule has 0 saturated carbocycles. The number of anilines is 2. The molecule has 3 rings (SSSR count). The second-order valence-electron chi connectivity index (χ2n) is 6.73. The first kappa shape index (κ1) is 21.2. The molecule has 1 amide bonds. The molecule has 10 nitrogen and oxygen atoms in total. The van der Waals surface area contributed by atoms with Crippen molar-refractivity contribution >= 4 is 38.3 Å². The van der Waals surface area contributed by atoms with Gasteiger partial charge in [-0.3, -0.25) is 18.7 Å². The number of hydrogen-bond acceptors (Lipinski definition) is 7. The smallest absolute Gasteiger partial charge is 0.332 e. The third-order valence-corrected chi connectivity index (χ3v) is 6.09. The fourth-order valence-electron chi connectivity index (χ4n) is 3.09. The van der Waals surface area contributed by atoms with Gasteiger partial charge in [-0.25, -0.2) is 22.9 Å². The van der Waals surface area contributed by atoms with E-state index in [0.29, 0.717) is 17.8 Å². The van der Waals surface area contributed by atoms with Crippen LogP contribution in [0.1, 0.15) is 19.4 Å². The second-order valence-corrected chi connectivity index (χ2v) is 8.41. The highest BCUT2D eigenvalue weighted by atomic mass is 32.2. The third-order valence-electron chi connectivity index (χ3n) is 4.64. The first-order valence-electron chi connectivity index (χ1n) is 9.05. The maximum Gasteiger partial charge on any atom is 0.332 e. The zero-order chi connectivity index (χ0) is 22.2. The van der Waals surface area contributed by atoms with Crippen LogP contribution in [0.4, 0.5) is 11.4 Å². The molecule has 2 aromatic heterocycles. The second kappa shape index (κ2) is 7.75. The summed E-state index contributed by atoms with van der Waals surface area (Å²) in [5.74, 6) is -0.686. The van der Waals surface area contributed by atoms with E-state index < -0.39 is 27.2 Å². The number of hydrogen-bond donors (Lipinski definition) is 2. The van der Waals surface area contributed by atoms with Gasteiger partial charge in [0.15, 0.2) is 5.65 Å². The monoisotopic (exact) mass is 431 g/mol. The van der Waals surface area contributed by atoms with E-state index in [1.807, 2.05) is 11.6 Å². The minimum Gasteiger partial charge on any atom is -0.354 e. The number of sulfonamides is 1. The predicted molar refractivity (Wildman–Crippen MR) is 112 cm³/mol. The van der Waals surface area contributed by atoms with E-state index in [2.05, 4.69) is 10.3 Å². The van der Waals surface area contributed by atoms with Crippen molar-refractivity contribution in [1.29, 1.82) is 0 Å². The van der Waals surface area contributed by atoms with Crippen molar-refractivity contribution in [1.82, 2.24) is 18.8 Å². The Morgan fingerprint density at radius 2 is 1.73 bits per heavy atom. The number of rotatable bonds is 5. The largest absolute Gasteiger partial charge is 0.354 e. The van der Waals surface area contributed by atoms with Crippen molar-refractivity contribution in [2.24, 2.45) is 14.1 Å². The molecule has 2 N–H and O–H groups in total. The van der Waals surface area contributed by atoms with Gasteiger partial charge < -0.3 is 5.32 Å². The quantitative estimate of drug-likeness (QED) is 0.609. The van der Waals surface area contributed by atoms with Crippen LogP contribution in [0.5, 0.6) is 0 Å². The molecule has 0 fully saturated rings. The maximum absolute atomic E-state index is 12.8. The summed E-state index contributed by atoms with van der Waals surface area (Å²) in [7, 11) is -1.02. The lowest BCUT2D eigenvalue weighted by Crippen LogP contribution is -2.37. The van der Waals surface area contributed by atoms with Gasteiger partial charge >= 0.3 is 5.69 Å². The first-order chi connectivity index (χ1) is 14.1. The molecule has 0 aliphatic rings. The van der Waals surface area contributed by atoms with E-state index in [0.717, 1.165) is 17.1 Å². The topological polar surface area (TPSA) is 132 Å². The Morgan fingerprint density at radius 3 is 2.30 bits per heavy atom. The molecule has 30 heavy (non-hydrogen) atoms. The minimum atomic E-state index is -3.95. The van der Waals surface area contributed by atoms with Crippen molar-refractivity contribution in [3.8, 4) is 0 Å². The molecule has 11 heteroatoms. The van der Waals surface area contributed by atoms with E-state index >= 15 is 0 Å². The minimum absolute atomic E-state index is 0.0724. The summed E-state index contributed by atoms with van der Waals surface area (Å²) in [6.07, 6.45) is 2.17. The summed E-state index contributed by atoms with van der Waals surface area (Å²) >= 11 is 0. The standard InChI is InChI=1S/C19H21N5O5S/c1-5-12-10-20-17-15(18(26)24(4)19(27)23(17)3)16(12)21-13-6-8-14(9-7-13)30(28,29)22-11(2)25/h6-10H,5H2,1-4H3,(H,20,21)(H,22,25). The van der Waals surface area contributed by atoms with Crippen LogP contribution in [0.3, 0.4) is 0 Å². The predicted octanol–water partition coefficient (Wildman–Crippen LogP) is 0.763. The third kappa shape index (κ3) is 3.71. The van der Waals surface area contributed by atoms with Gasteiger partial charge in [0.2, 0.25) is 5.91 Å². The van der Waals surface area contributed by atoms with Gasteiger partial charge in [0.25, 0.3) is 15.6 Å². The molecule has 0 aliphatic heterocycles. The highest BCUT2D eigenvalue weighted by molar-refractivity contribution is 7.90. The Hall–Kier alpha value is -3.47. The molecule has 0 atom stereocenters. The van der Waals surface area contributed by atoms with E-state index in [9.17, 15) is 22.8 Å². The number of nitrogens with one attached hydrogen (secondary N) is 2. The van der Waals surface area contributed by atoms with Crippen LogP contribution in [0.2, 0.25) is 0 Å². The van der Waals surface area contributed by atoms with Crippen molar-refractivity contribution in [3.63, 3.8) is 0 Å². The first-order valence-corrected chi connectivity index (χ1v) is 10.5. The van der Waals surface area contributed by atoms with Gasteiger partial charge in [0.05, 0.1) is 10.6 Å². The fourth-order valence-corrected chi connectivity index (χ4v) is 4.08. The van der Waals surface area contributed by atoms with Crippen LogP contribution in [0.15, 0.2) is 44.9 Å². The summed E-state index contributed by atoms with van der Waals surface area (Å²) in [4.78, 5) is 40.3. The van der Waals surface area contributed by atoms with Gasteiger partial charge in [-0.15, -0.1) is 0 Å². The molecule has 3 aromatic rings. The number of carbonyl (C=O) groups is 1. The van der Waals surface area contributed by atoms with Crippen molar-refractivity contribution in [2.75, 3.05) is 5.32 Å². The van der Waals surface area contributed by atoms with Crippen molar-refractivity contribution in [2.45, 2.75) is 25.2 Å². The van der Waals surface area contributed by atoms with Crippen LogP contribution in [0, 0.1) is 0 Å². The Labute approximate surface area is 172 Å². The van der Waals surface area contributed by atoms with Gasteiger partial charge in [0, 0.05) is 32.9 Å². The van der Waals surface area contributed by atoms with E-state index in [1.165, 1.54) is 42.9 Å². The van der Waals surface area contributed by atoms with E-state index in [1.54, 1.807) is 6.20 Å². The summed E-state index contributed by atoms with van der Waals surface area (Å²) < 4.78 is 28.4. The highest BCUT2D eigenvalue weighted by Crippen LogP contribution is 2.27. The molecule has 1 aromatic carbocycles. The summed E-state index contributed by atoms with van der Waals surface area (Å²) in [5, 5.41) is 3.41. The Balaban J connectivity index is 2.13. The average molecular weight is 431 g/mol. The fraction of sp³-hybridized carbons (Fsp3) is 0.263. The van der Waals surface area contributed by atoms with E-state index in [4.69, 9.17) is 0 Å². The van der Waals surface area contributed by atoms with Crippen LogP contribution in [-0.2, 0) is 35.3 Å². The molecule has 0 bridgehead atoms. The SMILES string of the molecule is CCc1cnc2c(c1Nc1ccc(S(=O)(=O)NC(C)=O)cc1)c(=O)n(C)c(=O)n2C. The average Bonchev–Trinajstić information content (AvgIpc) is 2.69. The lowest BCUT2D eigenvalue weighted by molar-refractivity contribution is -0.117. The van der Waals surface area contributed by atoms with Gasteiger partial charge in [-0.2, -0.15) is 0 Å². The number of pyridine rings is 1. The molecule has 0 unspecified atom stereocenters. The number of benzene rings is 1. The Kier molecular flexibility index (Phi) is 5.49. The lowest BCUT2D eigenvalue weighted by atomic mass is 10.1. The number of amides is 1. The van der Waals surface area contributed by atoms with Gasteiger partial charge in [-0.05, 0) is 36.2 Å². The number of aryl methyl sites for hydroxylation is 2. The molecule has 0 aliphatic carbocycles. The molecular weight excluding hydrogens is 410 g/mol. The van der Waals surface area contributed by atoms with Gasteiger partial charge in [-0.1, -0.05) is 6.92 Å². The molecule has 0 radical (unpaired) electrons. The van der Waals surface area contributed by atoms with Crippen LogP contribution >= 0.6 is 0 Å². The number of nitrogens with zero attached hydrogens (tertiary/aromatic N) is 3. The maximum atomic E-state index is 12.8. The van der Waals surface area contributed by atoms with Crippen molar-refractivity contribution < 1.29 is 13.2 Å². The number of carbonyl (C=O) groups excluding carboxylic acids is 1. The summed E-state index contributed by atoms with van der Waals surface area (Å²) in [6, 6.07) is 5.73. The van der Waals surface area contributed by atoms with Crippen LogP contribution in [0.25, 0.3) is 11.0 Å². The highest BCUT2D eigenvalue weighted by Gasteiger charge is 2.18. The summed E-state index contributed by atoms with van der Waals surface area (Å²) in [6.45, 7) is 3.02. The molecule has 0 spiro atoms. The summed E-state index contributed by atoms with van der Waals surface area (Å²) in [5.41, 5.74) is 1.05. The van der Waals surface area contributed by atoms with E-state index in [-0.39, 0.29) is 15.9 Å². The lowest BCUT2D eigenvalue weighted by Gasteiger charge is -2.16. The zero-order valence-electron chi connectivity index (χ0n) is 16.9. The zero-order valence-corrected chi connectivity index (χ0v) is 17.7. The van der Waals surface area contributed by atoms with Crippen LogP contribution in [-0.4, -0.2) is 28.4 Å². The molecular formula is C19H21N5O5S. The molecule has 158 valence electrons. The molecule has 2 heterocycles. The Bertz CT molecular complexity index is 1370. The number of aromatic nitrogens is 3. The molecule has 0 saturated heterocycles. The number of fused-ring (bicyclic) bond motifs is 1. The van der Waals surface area contributed by atoms with Crippen LogP contribution < -0.4 is 21.3 Å². The van der Waals surface area contributed by atoms with Gasteiger partial charge in [0.1, 0.15) is 5.39 Å². The Morgan fingerprint density at radius 1 is 1.10 bits per heavy atom. The van der Waals surface area contributed by atoms with Crippen molar-refractivity contribution in [3.05, 3.63) is 56.9 Å².